The van der Waals surface area contributed by atoms with Crippen LogP contribution in [0.3, 0.4) is 0 Å². The summed E-state index contributed by atoms with van der Waals surface area (Å²) in [7, 11) is 0. The number of hydrogen-bond donors (Lipinski definition) is 0. The van der Waals surface area contributed by atoms with Crippen LogP contribution >= 0.6 is 0 Å². The van der Waals surface area contributed by atoms with Crippen LogP contribution in [0.4, 0.5) is 0 Å². The van der Waals surface area contributed by atoms with Gasteiger partial charge in [-0.2, -0.15) is 0 Å². The fourth-order valence-electron chi connectivity index (χ4n) is 3.45. The van der Waals surface area contributed by atoms with Crippen molar-refractivity contribution in [1.29, 1.82) is 0 Å². The summed E-state index contributed by atoms with van der Waals surface area (Å²) >= 11 is 0. The van der Waals surface area contributed by atoms with E-state index in [9.17, 15) is 9.59 Å². The molecular formula is C25H24O4. The third-order valence-corrected chi connectivity index (χ3v) is 4.95. The van der Waals surface area contributed by atoms with E-state index in [0.717, 1.165) is 24.8 Å². The van der Waals surface area contributed by atoms with Gasteiger partial charge in [0.15, 0.2) is 6.61 Å². The molecule has 2 aliphatic carbocycles. The summed E-state index contributed by atoms with van der Waals surface area (Å²) in [5.74, 6) is 6.15. The van der Waals surface area contributed by atoms with Gasteiger partial charge in [0, 0.05) is 16.7 Å². The van der Waals surface area contributed by atoms with Crippen LogP contribution in [-0.4, -0.2) is 18.5 Å². The van der Waals surface area contributed by atoms with Crippen molar-refractivity contribution in [3.8, 4) is 17.6 Å². The Balaban J connectivity index is 1.72. The summed E-state index contributed by atoms with van der Waals surface area (Å²) in [6.07, 6.45) is 6.96. The maximum absolute atomic E-state index is 11.7. The van der Waals surface area contributed by atoms with E-state index in [1.165, 1.54) is 16.7 Å². The Hall–Kier alpha value is -3.32. The van der Waals surface area contributed by atoms with Crippen molar-refractivity contribution in [2.24, 2.45) is 5.92 Å². The number of carbonyl (C=O) groups excluding carboxylic acids is 2. The highest BCUT2D eigenvalue weighted by Gasteiger charge is 2.26. The number of rotatable bonds is 4. The fraction of sp³-hybridized carbons (Fsp3) is 0.280. The lowest BCUT2D eigenvalue weighted by atomic mass is 9.74. The van der Waals surface area contributed by atoms with Crippen LogP contribution in [0.1, 0.15) is 37.8 Å². The Bertz CT molecular complexity index is 1010. The first-order valence-corrected chi connectivity index (χ1v) is 9.58. The number of allylic oxidation sites excluding steroid dienone is 4. The summed E-state index contributed by atoms with van der Waals surface area (Å²) in [6, 6.07) is 5.80. The van der Waals surface area contributed by atoms with Crippen molar-refractivity contribution in [3.05, 3.63) is 71.4 Å². The molecule has 1 atom stereocenters. The zero-order valence-corrected chi connectivity index (χ0v) is 16.8. The number of aryl methyl sites for hydroxylation is 1. The minimum atomic E-state index is -0.420. The van der Waals surface area contributed by atoms with Crippen LogP contribution in [0.5, 0.6) is 5.75 Å². The molecule has 1 aromatic carbocycles. The smallest absolute Gasteiger partial charge is 0.338 e. The van der Waals surface area contributed by atoms with Gasteiger partial charge in [0.25, 0.3) is 0 Å². The van der Waals surface area contributed by atoms with Crippen LogP contribution < -0.4 is 4.74 Å². The van der Waals surface area contributed by atoms with Crippen molar-refractivity contribution < 1.29 is 19.1 Å². The van der Waals surface area contributed by atoms with E-state index in [2.05, 4.69) is 31.1 Å². The molecule has 1 aromatic rings. The van der Waals surface area contributed by atoms with E-state index >= 15 is 0 Å². The number of ether oxygens (including phenoxy) is 2. The van der Waals surface area contributed by atoms with E-state index in [-0.39, 0.29) is 6.61 Å². The molecule has 0 aromatic heterocycles. The quantitative estimate of drug-likeness (QED) is 0.328. The SMILES string of the molecule is C=C(C)C(=O)OCC#CC1=CC=C2c3ccc(OC(=O)C(=C)C)cc3CCC2C1. The Morgan fingerprint density at radius 3 is 2.62 bits per heavy atom. The molecule has 0 fully saturated rings. The van der Waals surface area contributed by atoms with Crippen molar-refractivity contribution in [2.45, 2.75) is 33.1 Å². The molecule has 148 valence electrons. The highest BCUT2D eigenvalue weighted by molar-refractivity contribution is 5.89. The zero-order valence-electron chi connectivity index (χ0n) is 16.8. The molecule has 4 heteroatoms. The molecule has 2 aliphatic rings. The molecule has 0 N–H and O–H groups in total. The van der Waals surface area contributed by atoms with E-state index < -0.39 is 11.9 Å². The first-order chi connectivity index (χ1) is 13.8. The normalized spacial score (nSPS) is 16.7. The molecule has 0 spiro atoms. The van der Waals surface area contributed by atoms with Crippen molar-refractivity contribution in [2.75, 3.05) is 6.61 Å². The molecule has 3 rings (SSSR count). The predicted molar refractivity (Wildman–Crippen MR) is 113 cm³/mol. The summed E-state index contributed by atoms with van der Waals surface area (Å²) in [6.45, 7) is 10.5. The zero-order chi connectivity index (χ0) is 21.0. The second kappa shape index (κ2) is 8.79. The number of benzene rings is 1. The number of fused-ring (bicyclic) bond motifs is 3. The van der Waals surface area contributed by atoms with Gasteiger partial charge in [-0.25, -0.2) is 9.59 Å². The molecule has 0 bridgehead atoms. The van der Waals surface area contributed by atoms with Gasteiger partial charge in [0.1, 0.15) is 5.75 Å². The van der Waals surface area contributed by atoms with Gasteiger partial charge in [-0.1, -0.05) is 43.2 Å². The van der Waals surface area contributed by atoms with Crippen LogP contribution in [0.25, 0.3) is 5.57 Å². The average molecular weight is 388 g/mol. The fourth-order valence-corrected chi connectivity index (χ4v) is 3.45. The highest BCUT2D eigenvalue weighted by atomic mass is 16.5. The van der Waals surface area contributed by atoms with Gasteiger partial charge in [0.05, 0.1) is 0 Å². The first kappa shape index (κ1) is 20.4. The van der Waals surface area contributed by atoms with E-state index in [1.54, 1.807) is 13.8 Å². The average Bonchev–Trinajstić information content (AvgIpc) is 2.70. The summed E-state index contributed by atoms with van der Waals surface area (Å²) in [5, 5.41) is 0. The highest BCUT2D eigenvalue weighted by Crippen LogP contribution is 2.42. The van der Waals surface area contributed by atoms with Crippen molar-refractivity contribution in [3.63, 3.8) is 0 Å². The van der Waals surface area contributed by atoms with Gasteiger partial charge in [-0.05, 0) is 67.9 Å². The Morgan fingerprint density at radius 2 is 1.90 bits per heavy atom. The molecule has 0 amide bonds. The molecule has 0 radical (unpaired) electrons. The first-order valence-electron chi connectivity index (χ1n) is 9.58. The maximum atomic E-state index is 11.7. The minimum absolute atomic E-state index is 0.0682. The molecule has 0 saturated carbocycles. The summed E-state index contributed by atoms with van der Waals surface area (Å²) in [5.41, 5.74) is 5.48. The molecule has 4 nitrogen and oxygen atoms in total. The van der Waals surface area contributed by atoms with Crippen molar-refractivity contribution in [1.82, 2.24) is 0 Å². The van der Waals surface area contributed by atoms with Gasteiger partial charge < -0.3 is 9.47 Å². The van der Waals surface area contributed by atoms with Crippen LogP contribution in [-0.2, 0) is 20.7 Å². The molecule has 0 heterocycles. The van der Waals surface area contributed by atoms with Gasteiger partial charge in [-0.3, -0.25) is 0 Å². The third kappa shape index (κ3) is 4.94. The van der Waals surface area contributed by atoms with E-state index in [4.69, 9.17) is 9.47 Å². The minimum Gasteiger partial charge on any atom is -0.449 e. The van der Waals surface area contributed by atoms with Gasteiger partial charge in [0.2, 0.25) is 0 Å². The second-order valence-corrected chi connectivity index (χ2v) is 7.40. The summed E-state index contributed by atoms with van der Waals surface area (Å²) < 4.78 is 10.4. The largest absolute Gasteiger partial charge is 0.449 e. The second-order valence-electron chi connectivity index (χ2n) is 7.40. The Labute approximate surface area is 171 Å². The standard InChI is InChI=1S/C25H24O4/c1-16(2)24(26)28-13-5-6-18-7-11-22-19(14-18)8-9-20-15-21(10-12-23(20)22)29-25(27)17(3)4/h7,10-12,15,19H,1,3,8-9,13-14H2,2,4H3. The Kier molecular flexibility index (Phi) is 6.19. The van der Waals surface area contributed by atoms with Gasteiger partial charge >= 0.3 is 11.9 Å². The topological polar surface area (TPSA) is 52.6 Å². The molecule has 0 aliphatic heterocycles. The lowest BCUT2D eigenvalue weighted by Crippen LogP contribution is -2.16. The number of carbonyl (C=O) groups is 2. The van der Waals surface area contributed by atoms with E-state index in [1.807, 2.05) is 24.3 Å². The lowest BCUT2D eigenvalue weighted by Gasteiger charge is -2.30. The van der Waals surface area contributed by atoms with E-state index in [0.29, 0.717) is 22.8 Å². The van der Waals surface area contributed by atoms with Crippen LogP contribution in [0.15, 0.2) is 60.2 Å². The van der Waals surface area contributed by atoms with Crippen LogP contribution in [0.2, 0.25) is 0 Å². The predicted octanol–water partition coefficient (Wildman–Crippen LogP) is 4.57. The Morgan fingerprint density at radius 1 is 1.14 bits per heavy atom. The number of esters is 2. The maximum Gasteiger partial charge on any atom is 0.338 e. The molecular weight excluding hydrogens is 364 g/mol. The van der Waals surface area contributed by atoms with Gasteiger partial charge in [-0.15, -0.1) is 0 Å². The lowest BCUT2D eigenvalue weighted by molar-refractivity contribution is -0.137. The number of hydrogen-bond acceptors (Lipinski definition) is 4. The monoisotopic (exact) mass is 388 g/mol. The summed E-state index contributed by atoms with van der Waals surface area (Å²) in [4.78, 5) is 23.1. The molecule has 0 saturated heterocycles. The molecule has 1 unspecified atom stereocenters. The van der Waals surface area contributed by atoms with Crippen LogP contribution in [0, 0.1) is 17.8 Å². The third-order valence-electron chi connectivity index (χ3n) is 4.95. The molecule has 29 heavy (non-hydrogen) atoms. The van der Waals surface area contributed by atoms with Crippen molar-refractivity contribution >= 4 is 17.5 Å².